The maximum absolute atomic E-state index is 9.69. The van der Waals surface area contributed by atoms with Crippen LogP contribution in [0.3, 0.4) is 0 Å². The van der Waals surface area contributed by atoms with Crippen molar-refractivity contribution in [1.82, 2.24) is 0 Å². The van der Waals surface area contributed by atoms with Crippen LogP contribution in [0.15, 0.2) is 0 Å². The average Bonchev–Trinajstić information content (AvgIpc) is 2.07. The van der Waals surface area contributed by atoms with E-state index in [0.29, 0.717) is 0 Å². The lowest BCUT2D eigenvalue weighted by molar-refractivity contribution is 0.232. The second-order valence-electron chi connectivity index (χ2n) is 3.33. The Labute approximate surface area is 72.3 Å². The van der Waals surface area contributed by atoms with Gasteiger partial charge in [-0.1, -0.05) is 19.4 Å². The molecule has 0 radical (unpaired) electrons. The molecule has 11 heavy (non-hydrogen) atoms. The molecule has 66 valence electrons. The summed E-state index contributed by atoms with van der Waals surface area (Å²) < 4.78 is 5.49. The van der Waals surface area contributed by atoms with Gasteiger partial charge in [0.25, 0.3) is 0 Å². The predicted octanol–water partition coefficient (Wildman–Crippen LogP) is -0.0855. The molecule has 1 aliphatic heterocycles. The van der Waals surface area contributed by atoms with Crippen molar-refractivity contribution >= 4 is 17.6 Å². The third kappa shape index (κ3) is 3.07. The monoisotopic (exact) mass is 190 g/mol. The second-order valence-corrected chi connectivity index (χ2v) is 11.1. The summed E-state index contributed by atoms with van der Waals surface area (Å²) in [6.07, 6.45) is 3.36. The van der Waals surface area contributed by atoms with Crippen LogP contribution in [-0.2, 0) is 4.43 Å². The summed E-state index contributed by atoms with van der Waals surface area (Å²) in [7, 11) is -1.02. The van der Waals surface area contributed by atoms with Crippen LogP contribution in [0.25, 0.3) is 0 Å². The molecule has 1 rings (SSSR count). The van der Waals surface area contributed by atoms with E-state index in [1.807, 2.05) is 0 Å². The van der Waals surface area contributed by atoms with Gasteiger partial charge in [0.2, 0.25) is 0 Å². The van der Waals surface area contributed by atoms with E-state index in [4.69, 9.17) is 4.43 Å². The van der Waals surface area contributed by atoms with E-state index < -0.39 is 8.31 Å². The van der Waals surface area contributed by atoms with Crippen LogP contribution in [0.2, 0.25) is 6.04 Å². The van der Waals surface area contributed by atoms with E-state index in [1.54, 1.807) is 0 Å². The van der Waals surface area contributed by atoms with Crippen LogP contribution in [0.1, 0.15) is 26.2 Å². The molecule has 0 bridgehead atoms. The van der Waals surface area contributed by atoms with E-state index in [9.17, 15) is 5.11 Å². The minimum atomic E-state index is -0.766. The molecule has 0 spiro atoms. The molecule has 0 aliphatic carbocycles. The minimum absolute atomic E-state index is 0.0759. The van der Waals surface area contributed by atoms with Gasteiger partial charge in [0.1, 0.15) is 9.28 Å². The van der Waals surface area contributed by atoms with Gasteiger partial charge in [-0.2, -0.15) is 0 Å². The highest BCUT2D eigenvalue weighted by Crippen LogP contribution is 2.11. The first-order chi connectivity index (χ1) is 5.34. The quantitative estimate of drug-likeness (QED) is 0.631. The molecule has 0 aromatic carbocycles. The summed E-state index contributed by atoms with van der Waals surface area (Å²) in [5, 5.41) is 9.69. The average molecular weight is 190 g/mol. The molecule has 0 aromatic rings. The molecule has 1 heterocycles. The largest absolute Gasteiger partial charge is 0.427 e. The molecule has 4 heteroatoms. The molecule has 0 saturated carbocycles. The van der Waals surface area contributed by atoms with Gasteiger partial charge in [0, 0.05) is 12.3 Å². The van der Waals surface area contributed by atoms with Crippen LogP contribution >= 0.6 is 0 Å². The Bertz CT molecular complexity index is 105. The second kappa shape index (κ2) is 5.08. The number of hydrogen-bond donors (Lipinski definition) is 1. The Morgan fingerprint density at radius 2 is 2.55 bits per heavy atom. The van der Waals surface area contributed by atoms with Crippen LogP contribution in [0.5, 0.6) is 0 Å². The van der Waals surface area contributed by atoms with Gasteiger partial charge in [-0.25, -0.2) is 0 Å². The summed E-state index contributed by atoms with van der Waals surface area (Å²) >= 11 is 0. The Morgan fingerprint density at radius 1 is 1.73 bits per heavy atom. The van der Waals surface area contributed by atoms with E-state index in [2.05, 4.69) is 6.92 Å². The third-order valence-corrected chi connectivity index (χ3v) is 10.7. The van der Waals surface area contributed by atoms with Crippen molar-refractivity contribution in [2.24, 2.45) is 0 Å². The number of aliphatic hydroxyl groups excluding tert-OH is 1. The lowest BCUT2D eigenvalue weighted by Crippen LogP contribution is -2.41. The highest BCUT2D eigenvalue weighted by molar-refractivity contribution is 7.10. The van der Waals surface area contributed by atoms with Crippen LogP contribution < -0.4 is 0 Å². The molecule has 1 saturated heterocycles. The predicted molar refractivity (Wildman–Crippen MR) is 52.0 cm³/mol. The number of hydrogen-bond acceptors (Lipinski definition) is 2. The summed E-state index contributed by atoms with van der Waals surface area (Å²) in [5.74, 6) is 0. The molecular weight excluding hydrogens is 172 g/mol. The number of rotatable bonds is 3. The van der Waals surface area contributed by atoms with E-state index >= 15 is 0 Å². The first-order valence-electron chi connectivity index (χ1n) is 4.60. The minimum Gasteiger partial charge on any atom is -0.427 e. The van der Waals surface area contributed by atoms with Crippen LogP contribution in [0, 0.1) is 0 Å². The van der Waals surface area contributed by atoms with Crippen molar-refractivity contribution in [1.29, 1.82) is 0 Å². The van der Waals surface area contributed by atoms with Crippen molar-refractivity contribution in [2.45, 2.75) is 38.0 Å². The number of aliphatic hydroxyl groups is 1. The lowest BCUT2D eigenvalue weighted by Gasteiger charge is -2.24. The molecule has 2 unspecified atom stereocenters. The van der Waals surface area contributed by atoms with Gasteiger partial charge in [-0.3, -0.25) is 0 Å². The maximum atomic E-state index is 9.69. The van der Waals surface area contributed by atoms with Crippen molar-refractivity contribution in [2.75, 3.05) is 6.61 Å². The summed E-state index contributed by atoms with van der Waals surface area (Å²) in [6, 6.07) is 1.34. The summed E-state index contributed by atoms with van der Waals surface area (Å²) in [4.78, 5) is 0. The zero-order valence-electron chi connectivity index (χ0n) is 7.25. The lowest BCUT2D eigenvalue weighted by atomic mass is 10.4. The topological polar surface area (TPSA) is 29.5 Å². The summed E-state index contributed by atoms with van der Waals surface area (Å²) in [6.45, 7) is 3.12. The fourth-order valence-corrected chi connectivity index (χ4v) is 8.69. The van der Waals surface area contributed by atoms with Crippen LogP contribution in [0.4, 0.5) is 0 Å². The smallest absolute Gasteiger partial charge is 0.150 e. The van der Waals surface area contributed by atoms with Crippen LogP contribution in [-0.4, -0.2) is 35.0 Å². The van der Waals surface area contributed by atoms with Crippen molar-refractivity contribution in [3.05, 3.63) is 0 Å². The van der Waals surface area contributed by atoms with Gasteiger partial charge < -0.3 is 9.53 Å². The third-order valence-electron chi connectivity index (χ3n) is 2.32. The highest BCUT2D eigenvalue weighted by Gasteiger charge is 2.23. The van der Waals surface area contributed by atoms with Gasteiger partial charge in [0.15, 0.2) is 0 Å². The zero-order chi connectivity index (χ0) is 8.10. The first-order valence-corrected chi connectivity index (χ1v) is 9.93. The first kappa shape index (κ1) is 9.44. The summed E-state index contributed by atoms with van der Waals surface area (Å²) in [5.41, 5.74) is 0.0759. The molecule has 1 aliphatic rings. The Balaban J connectivity index is 2.21. The van der Waals surface area contributed by atoms with E-state index in [1.165, 1.54) is 12.5 Å². The zero-order valence-corrected chi connectivity index (χ0v) is 9.82. The van der Waals surface area contributed by atoms with Gasteiger partial charge in [-0.05, 0) is 12.8 Å². The maximum Gasteiger partial charge on any atom is 0.150 e. The van der Waals surface area contributed by atoms with Gasteiger partial charge in [-0.15, -0.1) is 0 Å². The molecular formula is C7H18O2Si2. The van der Waals surface area contributed by atoms with Gasteiger partial charge in [0.05, 0.1) is 8.31 Å². The normalized spacial score (nSPS) is 30.5. The Kier molecular flexibility index (Phi) is 4.36. The van der Waals surface area contributed by atoms with Gasteiger partial charge >= 0.3 is 0 Å². The standard InChI is InChI=1S/C7H18O2Si2/c1-2-4-7(8)11-6-3-5-9-10-11/h7-8,11H,2-6,10H2,1H3. The Hall–Kier alpha value is 0.354. The Morgan fingerprint density at radius 3 is 3.09 bits per heavy atom. The fraction of sp³-hybridized carbons (Fsp3) is 1.00. The van der Waals surface area contributed by atoms with Crippen molar-refractivity contribution in [3.8, 4) is 0 Å². The van der Waals surface area contributed by atoms with E-state index in [0.717, 1.165) is 19.4 Å². The van der Waals surface area contributed by atoms with Crippen molar-refractivity contribution in [3.63, 3.8) is 0 Å². The molecule has 1 N–H and O–H groups in total. The molecule has 0 aromatic heterocycles. The van der Waals surface area contributed by atoms with E-state index in [-0.39, 0.29) is 15.0 Å². The molecule has 0 amide bonds. The fourth-order valence-electron chi connectivity index (χ4n) is 1.60. The molecule has 1 fully saturated rings. The molecule has 2 atom stereocenters. The molecule has 2 nitrogen and oxygen atoms in total. The van der Waals surface area contributed by atoms with Crippen molar-refractivity contribution < 1.29 is 9.53 Å². The SMILES string of the molecule is CCCC(O)[SiH]1CCCO[SiH2]1. The highest BCUT2D eigenvalue weighted by atomic mass is 29.2.